The average molecular weight is 342 g/mol. The highest BCUT2D eigenvalue weighted by molar-refractivity contribution is 5.93. The summed E-state index contributed by atoms with van der Waals surface area (Å²) in [4.78, 5) is 28.1. The van der Waals surface area contributed by atoms with Gasteiger partial charge in [0.2, 0.25) is 5.91 Å². The van der Waals surface area contributed by atoms with Crippen LogP contribution in [0.15, 0.2) is 30.6 Å². The van der Waals surface area contributed by atoms with Gasteiger partial charge in [-0.3, -0.25) is 9.59 Å². The third-order valence-corrected chi connectivity index (χ3v) is 4.97. The van der Waals surface area contributed by atoms with E-state index in [1.807, 2.05) is 45.2 Å². The largest absolute Gasteiger partial charge is 0.481 e. The van der Waals surface area contributed by atoms with E-state index in [2.05, 4.69) is 15.4 Å². The van der Waals surface area contributed by atoms with Crippen LogP contribution in [0.2, 0.25) is 0 Å². The fourth-order valence-corrected chi connectivity index (χ4v) is 3.28. The molecule has 0 saturated heterocycles. The van der Waals surface area contributed by atoms with Crippen LogP contribution in [-0.2, 0) is 16.1 Å². The Morgan fingerprint density at radius 1 is 1.40 bits per heavy atom. The first-order valence-electron chi connectivity index (χ1n) is 8.33. The van der Waals surface area contributed by atoms with E-state index >= 15 is 0 Å². The summed E-state index contributed by atoms with van der Waals surface area (Å²) in [6.07, 6.45) is 3.93. The zero-order valence-electron chi connectivity index (χ0n) is 14.6. The van der Waals surface area contributed by atoms with E-state index in [0.29, 0.717) is 18.8 Å². The first kappa shape index (κ1) is 17.1. The van der Waals surface area contributed by atoms with Gasteiger partial charge in [0.1, 0.15) is 0 Å². The third-order valence-electron chi connectivity index (χ3n) is 4.97. The lowest BCUT2D eigenvalue weighted by molar-refractivity contribution is -0.142. The van der Waals surface area contributed by atoms with Crippen molar-refractivity contribution in [2.75, 3.05) is 0 Å². The van der Waals surface area contributed by atoms with Gasteiger partial charge < -0.3 is 10.4 Å². The summed E-state index contributed by atoms with van der Waals surface area (Å²) in [6.45, 7) is 6.02. The van der Waals surface area contributed by atoms with E-state index in [4.69, 9.17) is 0 Å². The quantitative estimate of drug-likeness (QED) is 0.836. The first-order chi connectivity index (χ1) is 11.8. The van der Waals surface area contributed by atoms with Crippen molar-refractivity contribution in [1.82, 2.24) is 20.1 Å². The predicted molar refractivity (Wildman–Crippen MR) is 91.0 cm³/mol. The summed E-state index contributed by atoms with van der Waals surface area (Å²) in [7, 11) is 0. The molecule has 0 aromatic carbocycles. The molecule has 132 valence electrons. The number of hydrogen-bond acceptors (Lipinski definition) is 4. The van der Waals surface area contributed by atoms with Gasteiger partial charge in [-0.25, -0.2) is 9.67 Å². The molecule has 2 N–H and O–H groups in total. The van der Waals surface area contributed by atoms with Crippen LogP contribution in [0.25, 0.3) is 5.82 Å². The molecule has 1 fully saturated rings. The maximum absolute atomic E-state index is 12.5. The number of aliphatic carboxylic acids is 1. The maximum Gasteiger partial charge on any atom is 0.307 e. The Morgan fingerprint density at radius 3 is 2.64 bits per heavy atom. The molecule has 0 radical (unpaired) electrons. The molecular formula is C18H22N4O3. The monoisotopic (exact) mass is 342 g/mol. The van der Waals surface area contributed by atoms with Gasteiger partial charge in [-0.15, -0.1) is 0 Å². The van der Waals surface area contributed by atoms with Gasteiger partial charge in [0.05, 0.1) is 17.0 Å². The van der Waals surface area contributed by atoms with E-state index in [9.17, 15) is 14.7 Å². The van der Waals surface area contributed by atoms with Crippen molar-refractivity contribution in [3.63, 3.8) is 0 Å². The van der Waals surface area contributed by atoms with Crippen LogP contribution in [0.3, 0.4) is 0 Å². The van der Waals surface area contributed by atoms with Crippen LogP contribution in [0.5, 0.6) is 0 Å². The van der Waals surface area contributed by atoms with E-state index in [1.54, 1.807) is 10.9 Å². The van der Waals surface area contributed by atoms with Crippen molar-refractivity contribution in [3.8, 4) is 5.82 Å². The number of pyridine rings is 1. The summed E-state index contributed by atoms with van der Waals surface area (Å²) in [6, 6.07) is 5.61. The van der Waals surface area contributed by atoms with Gasteiger partial charge in [-0.05, 0) is 37.0 Å². The Hall–Kier alpha value is -2.70. The second-order valence-electron chi connectivity index (χ2n) is 6.90. The van der Waals surface area contributed by atoms with Crippen molar-refractivity contribution in [1.29, 1.82) is 0 Å². The molecule has 0 bridgehead atoms. The van der Waals surface area contributed by atoms with Gasteiger partial charge >= 0.3 is 5.97 Å². The van der Waals surface area contributed by atoms with Gasteiger partial charge in [0, 0.05) is 18.9 Å². The van der Waals surface area contributed by atoms with Crippen molar-refractivity contribution in [3.05, 3.63) is 41.9 Å². The summed E-state index contributed by atoms with van der Waals surface area (Å²) in [5, 5.41) is 16.4. The molecule has 2 aromatic rings. The zero-order chi connectivity index (χ0) is 18.2. The molecule has 25 heavy (non-hydrogen) atoms. The van der Waals surface area contributed by atoms with Crippen LogP contribution in [-0.4, -0.2) is 31.7 Å². The molecule has 1 aliphatic rings. The lowest BCUT2D eigenvalue weighted by atomic mass is 9.88. The van der Waals surface area contributed by atoms with Gasteiger partial charge in [-0.1, -0.05) is 19.9 Å². The highest BCUT2D eigenvalue weighted by Crippen LogP contribution is 2.58. The van der Waals surface area contributed by atoms with Crippen molar-refractivity contribution in [2.24, 2.45) is 17.3 Å². The summed E-state index contributed by atoms with van der Waals surface area (Å²) < 4.78 is 1.69. The minimum atomic E-state index is -0.899. The Morgan fingerprint density at radius 2 is 2.16 bits per heavy atom. The van der Waals surface area contributed by atoms with E-state index < -0.39 is 17.3 Å². The lowest BCUT2D eigenvalue weighted by Gasteiger charge is -2.20. The number of carboxylic acids is 1. The smallest absolute Gasteiger partial charge is 0.307 e. The molecule has 2 atom stereocenters. The Balaban J connectivity index is 1.64. The topological polar surface area (TPSA) is 97.1 Å². The molecular weight excluding hydrogens is 320 g/mol. The second kappa shape index (κ2) is 6.31. The van der Waals surface area contributed by atoms with Crippen LogP contribution in [0.1, 0.15) is 31.5 Å². The number of nitrogens with zero attached hydrogens (tertiary/aromatic N) is 3. The van der Waals surface area contributed by atoms with E-state index in [1.165, 1.54) is 0 Å². The number of rotatable bonds is 6. The SMILES string of the molecule is Cc1ccn(-c2ccc(CNC(=O)[C@@]3(C(C)C)C[C@H]3C(=O)O)cn2)n1. The number of carbonyl (C=O) groups is 2. The normalized spacial score (nSPS) is 22.0. The predicted octanol–water partition coefficient (Wildman–Crippen LogP) is 1.94. The first-order valence-corrected chi connectivity index (χ1v) is 8.33. The number of carbonyl (C=O) groups excluding carboxylic acids is 1. The molecule has 2 aromatic heterocycles. The zero-order valence-corrected chi connectivity index (χ0v) is 14.6. The van der Waals surface area contributed by atoms with Gasteiger partial charge in [0.15, 0.2) is 5.82 Å². The van der Waals surface area contributed by atoms with Crippen LogP contribution < -0.4 is 5.32 Å². The Kier molecular flexibility index (Phi) is 4.32. The summed E-state index contributed by atoms with van der Waals surface area (Å²) in [5.74, 6) is -0.991. The van der Waals surface area contributed by atoms with Crippen LogP contribution >= 0.6 is 0 Å². The second-order valence-corrected chi connectivity index (χ2v) is 6.90. The summed E-state index contributed by atoms with van der Waals surface area (Å²) in [5.41, 5.74) is 0.980. The van der Waals surface area contributed by atoms with Gasteiger partial charge in [-0.2, -0.15) is 5.10 Å². The molecule has 2 heterocycles. The number of aromatic nitrogens is 3. The molecule has 3 rings (SSSR count). The number of amides is 1. The number of nitrogens with one attached hydrogen (secondary N) is 1. The van der Waals surface area contributed by atoms with Crippen molar-refractivity contribution in [2.45, 2.75) is 33.7 Å². The van der Waals surface area contributed by atoms with Gasteiger partial charge in [0.25, 0.3) is 0 Å². The highest BCUT2D eigenvalue weighted by Gasteiger charge is 2.65. The third kappa shape index (κ3) is 3.14. The molecule has 7 nitrogen and oxygen atoms in total. The molecule has 1 saturated carbocycles. The molecule has 7 heteroatoms. The standard InChI is InChI=1S/C18H22N4O3/c1-11(2)18(8-14(18)16(23)24)17(25)20-10-13-4-5-15(19-9-13)22-7-6-12(3)21-22/h4-7,9,11,14H,8,10H2,1-3H3,(H,20,25)(H,23,24)/t14-,18+/m0/s1. The summed E-state index contributed by atoms with van der Waals surface area (Å²) >= 11 is 0. The Bertz CT molecular complexity index is 797. The molecule has 0 spiro atoms. The van der Waals surface area contributed by atoms with Crippen molar-refractivity contribution >= 4 is 11.9 Å². The molecule has 0 aliphatic heterocycles. The van der Waals surface area contributed by atoms with E-state index in [0.717, 1.165) is 11.3 Å². The minimum Gasteiger partial charge on any atom is -0.481 e. The molecule has 1 aliphatic carbocycles. The number of hydrogen-bond donors (Lipinski definition) is 2. The number of aryl methyl sites for hydroxylation is 1. The maximum atomic E-state index is 12.5. The van der Waals surface area contributed by atoms with Crippen molar-refractivity contribution < 1.29 is 14.7 Å². The number of carboxylic acid groups (broad SMARTS) is 1. The highest BCUT2D eigenvalue weighted by atomic mass is 16.4. The fraction of sp³-hybridized carbons (Fsp3) is 0.444. The molecule has 1 amide bonds. The van der Waals surface area contributed by atoms with Crippen LogP contribution in [0, 0.1) is 24.2 Å². The Labute approximate surface area is 146 Å². The lowest BCUT2D eigenvalue weighted by Crippen LogP contribution is -2.37. The van der Waals surface area contributed by atoms with E-state index in [-0.39, 0.29) is 11.8 Å². The molecule has 0 unspecified atom stereocenters. The fourth-order valence-electron chi connectivity index (χ4n) is 3.28. The minimum absolute atomic E-state index is 0.0165. The van der Waals surface area contributed by atoms with Crippen LogP contribution in [0.4, 0.5) is 0 Å². The average Bonchev–Trinajstić information content (AvgIpc) is 3.22.